The Morgan fingerprint density at radius 2 is 1.81 bits per heavy atom. The number of guanidine groups is 1. The maximum absolute atomic E-state index is 5.79. The molecule has 27 heavy (non-hydrogen) atoms. The lowest BCUT2D eigenvalue weighted by Gasteiger charge is -2.35. The van der Waals surface area contributed by atoms with E-state index in [0.717, 1.165) is 64.7 Å². The number of rotatable bonds is 9. The van der Waals surface area contributed by atoms with Gasteiger partial charge in [-0.3, -0.25) is 9.89 Å². The van der Waals surface area contributed by atoms with Crippen LogP contribution in [0.1, 0.15) is 52.1 Å². The minimum Gasteiger partial charge on any atom is -0.378 e. The molecular weight excluding hydrogens is 336 g/mol. The van der Waals surface area contributed by atoms with Crippen molar-refractivity contribution in [2.45, 2.75) is 52.7 Å². The van der Waals surface area contributed by atoms with E-state index in [4.69, 9.17) is 9.73 Å². The van der Waals surface area contributed by atoms with E-state index in [0.29, 0.717) is 12.1 Å². The first-order valence-electron chi connectivity index (χ1n) is 10.7. The number of likely N-dealkylation sites (tertiary alicyclic amines) is 1. The zero-order valence-electron chi connectivity index (χ0n) is 17.7. The Bertz CT molecular complexity index is 537. The van der Waals surface area contributed by atoms with Crippen LogP contribution in [0.25, 0.3) is 0 Å². The van der Waals surface area contributed by atoms with Crippen molar-refractivity contribution in [2.24, 2.45) is 4.99 Å². The van der Waals surface area contributed by atoms with Crippen LogP contribution in [0.4, 0.5) is 0 Å². The summed E-state index contributed by atoms with van der Waals surface area (Å²) in [5, 5.41) is 3.50. The molecule has 0 aliphatic carbocycles. The standard InChI is InChI=1S/C22H38N4O/c1-5-23-22(26-16-14-20(15-17-26)27-8-4)24-18-21(25(6-2)7-3)19-12-10-9-11-13-19/h9-13,20-21H,5-8,14-18H2,1-4H3,(H,23,24). The smallest absolute Gasteiger partial charge is 0.193 e. The molecule has 5 heteroatoms. The van der Waals surface area contributed by atoms with E-state index >= 15 is 0 Å². The molecule has 1 N–H and O–H groups in total. The molecule has 1 aliphatic rings. The maximum atomic E-state index is 5.79. The number of likely N-dealkylation sites (N-methyl/N-ethyl adjacent to an activating group) is 1. The summed E-state index contributed by atoms with van der Waals surface area (Å²) in [6, 6.07) is 11.1. The quantitative estimate of drug-likeness (QED) is 0.530. The van der Waals surface area contributed by atoms with Crippen molar-refractivity contribution < 1.29 is 4.74 Å². The second kappa shape index (κ2) is 12.0. The molecule has 1 saturated heterocycles. The first kappa shape index (κ1) is 21.7. The average molecular weight is 375 g/mol. The lowest BCUT2D eigenvalue weighted by Crippen LogP contribution is -2.47. The lowest BCUT2D eigenvalue weighted by molar-refractivity contribution is 0.0263. The summed E-state index contributed by atoms with van der Waals surface area (Å²) in [5.41, 5.74) is 1.34. The molecule has 1 heterocycles. The normalized spacial score (nSPS) is 17.4. The summed E-state index contributed by atoms with van der Waals surface area (Å²) < 4.78 is 5.79. The fourth-order valence-electron chi connectivity index (χ4n) is 3.84. The van der Waals surface area contributed by atoms with Crippen LogP contribution in [-0.2, 0) is 4.74 Å². The lowest BCUT2D eigenvalue weighted by atomic mass is 10.1. The first-order chi connectivity index (χ1) is 13.2. The van der Waals surface area contributed by atoms with Gasteiger partial charge < -0.3 is 15.0 Å². The average Bonchev–Trinajstić information content (AvgIpc) is 2.72. The molecule has 1 unspecified atom stereocenters. The third-order valence-corrected chi connectivity index (χ3v) is 5.33. The predicted octanol–water partition coefficient (Wildman–Crippen LogP) is 3.54. The van der Waals surface area contributed by atoms with Crippen molar-refractivity contribution in [3.63, 3.8) is 0 Å². The van der Waals surface area contributed by atoms with Crippen molar-refractivity contribution in [3.05, 3.63) is 35.9 Å². The molecule has 0 aromatic heterocycles. The Morgan fingerprint density at radius 1 is 1.15 bits per heavy atom. The van der Waals surface area contributed by atoms with Gasteiger partial charge in [0.25, 0.3) is 0 Å². The van der Waals surface area contributed by atoms with Gasteiger partial charge in [-0.2, -0.15) is 0 Å². The molecule has 2 rings (SSSR count). The largest absolute Gasteiger partial charge is 0.378 e. The molecule has 1 aromatic carbocycles. The van der Waals surface area contributed by atoms with E-state index < -0.39 is 0 Å². The molecular formula is C22H38N4O. The number of aliphatic imine (C=N–C) groups is 1. The molecule has 1 atom stereocenters. The van der Waals surface area contributed by atoms with E-state index in [1.54, 1.807) is 0 Å². The van der Waals surface area contributed by atoms with Gasteiger partial charge in [0, 0.05) is 26.2 Å². The highest BCUT2D eigenvalue weighted by atomic mass is 16.5. The van der Waals surface area contributed by atoms with Gasteiger partial charge in [-0.1, -0.05) is 44.2 Å². The zero-order chi connectivity index (χ0) is 19.5. The second-order valence-electron chi connectivity index (χ2n) is 6.98. The van der Waals surface area contributed by atoms with Crippen molar-refractivity contribution in [1.29, 1.82) is 0 Å². The molecule has 1 fully saturated rings. The van der Waals surface area contributed by atoms with Gasteiger partial charge in [-0.15, -0.1) is 0 Å². The van der Waals surface area contributed by atoms with E-state index in [9.17, 15) is 0 Å². The van der Waals surface area contributed by atoms with E-state index in [1.807, 2.05) is 0 Å². The van der Waals surface area contributed by atoms with Gasteiger partial charge in [0.1, 0.15) is 0 Å². The predicted molar refractivity (Wildman–Crippen MR) is 114 cm³/mol. The number of benzene rings is 1. The number of hydrogen-bond donors (Lipinski definition) is 1. The zero-order valence-corrected chi connectivity index (χ0v) is 17.7. The number of hydrogen-bond acceptors (Lipinski definition) is 3. The third-order valence-electron chi connectivity index (χ3n) is 5.33. The van der Waals surface area contributed by atoms with Crippen molar-refractivity contribution >= 4 is 5.96 Å². The van der Waals surface area contributed by atoms with Crippen LogP contribution in [0.2, 0.25) is 0 Å². The molecule has 0 saturated carbocycles. The summed E-state index contributed by atoms with van der Waals surface area (Å²) in [4.78, 5) is 9.93. The van der Waals surface area contributed by atoms with Crippen molar-refractivity contribution in [3.8, 4) is 0 Å². The number of piperidine rings is 1. The van der Waals surface area contributed by atoms with Gasteiger partial charge in [0.05, 0.1) is 18.7 Å². The first-order valence-corrected chi connectivity index (χ1v) is 10.7. The van der Waals surface area contributed by atoms with Crippen LogP contribution in [-0.4, -0.2) is 67.7 Å². The molecule has 1 aromatic rings. The topological polar surface area (TPSA) is 40.1 Å². The summed E-state index contributed by atoms with van der Waals surface area (Å²) in [5.74, 6) is 1.04. The molecule has 0 bridgehead atoms. The summed E-state index contributed by atoms with van der Waals surface area (Å²) in [6.45, 7) is 15.2. The molecule has 0 radical (unpaired) electrons. The van der Waals surface area contributed by atoms with Crippen LogP contribution < -0.4 is 5.32 Å². The van der Waals surface area contributed by atoms with Crippen LogP contribution in [0.3, 0.4) is 0 Å². The van der Waals surface area contributed by atoms with Gasteiger partial charge in [-0.05, 0) is 45.3 Å². The summed E-state index contributed by atoms with van der Waals surface area (Å²) >= 11 is 0. The number of nitrogens with one attached hydrogen (secondary N) is 1. The van der Waals surface area contributed by atoms with Gasteiger partial charge in [0.2, 0.25) is 0 Å². The van der Waals surface area contributed by atoms with Crippen molar-refractivity contribution in [1.82, 2.24) is 15.1 Å². The van der Waals surface area contributed by atoms with E-state index in [-0.39, 0.29) is 0 Å². The van der Waals surface area contributed by atoms with Gasteiger partial charge >= 0.3 is 0 Å². The Balaban J connectivity index is 2.10. The number of ether oxygens (including phenoxy) is 1. The summed E-state index contributed by atoms with van der Waals surface area (Å²) in [6.07, 6.45) is 2.56. The van der Waals surface area contributed by atoms with Crippen LogP contribution >= 0.6 is 0 Å². The summed E-state index contributed by atoms with van der Waals surface area (Å²) in [7, 11) is 0. The third kappa shape index (κ3) is 6.51. The van der Waals surface area contributed by atoms with Gasteiger partial charge in [-0.25, -0.2) is 0 Å². The molecule has 1 aliphatic heterocycles. The Morgan fingerprint density at radius 3 is 2.37 bits per heavy atom. The highest BCUT2D eigenvalue weighted by Crippen LogP contribution is 2.21. The maximum Gasteiger partial charge on any atom is 0.193 e. The Hall–Kier alpha value is -1.59. The molecule has 0 spiro atoms. The Labute approximate surface area is 165 Å². The second-order valence-corrected chi connectivity index (χ2v) is 6.98. The van der Waals surface area contributed by atoms with E-state index in [1.165, 1.54) is 5.56 Å². The SMILES string of the molecule is CCNC(=NCC(c1ccccc1)N(CC)CC)N1CCC(OCC)CC1. The fourth-order valence-corrected chi connectivity index (χ4v) is 3.84. The minimum absolute atomic E-state index is 0.316. The Kier molecular flexibility index (Phi) is 9.64. The van der Waals surface area contributed by atoms with Crippen molar-refractivity contribution in [2.75, 3.05) is 45.9 Å². The van der Waals surface area contributed by atoms with Crippen LogP contribution in [0.5, 0.6) is 0 Å². The highest BCUT2D eigenvalue weighted by molar-refractivity contribution is 5.80. The van der Waals surface area contributed by atoms with E-state index in [2.05, 4.69) is 73.1 Å². The monoisotopic (exact) mass is 374 g/mol. The van der Waals surface area contributed by atoms with Crippen LogP contribution in [0.15, 0.2) is 35.3 Å². The van der Waals surface area contributed by atoms with Gasteiger partial charge in [0.15, 0.2) is 5.96 Å². The minimum atomic E-state index is 0.316. The molecule has 0 amide bonds. The number of nitrogens with zero attached hydrogens (tertiary/aromatic N) is 3. The molecule has 5 nitrogen and oxygen atoms in total. The van der Waals surface area contributed by atoms with Crippen LogP contribution in [0, 0.1) is 0 Å². The molecule has 152 valence electrons. The highest BCUT2D eigenvalue weighted by Gasteiger charge is 2.23. The fraction of sp³-hybridized carbons (Fsp3) is 0.682.